The van der Waals surface area contributed by atoms with E-state index in [1.165, 1.54) is 25.3 Å². The zero-order chi connectivity index (χ0) is 17.4. The third-order valence-electron chi connectivity index (χ3n) is 3.62. The van der Waals surface area contributed by atoms with Crippen LogP contribution in [0.4, 0.5) is 14.9 Å². The van der Waals surface area contributed by atoms with Gasteiger partial charge >= 0.3 is 6.03 Å². The Bertz CT molecular complexity index is 665. The van der Waals surface area contributed by atoms with Gasteiger partial charge < -0.3 is 20.5 Å². The lowest BCUT2D eigenvalue weighted by molar-refractivity contribution is 0.248. The first kappa shape index (κ1) is 17.7. The first-order valence-electron chi connectivity index (χ1n) is 7.67. The average Bonchev–Trinajstić information content (AvgIpc) is 2.58. The van der Waals surface area contributed by atoms with Crippen LogP contribution in [0.2, 0.25) is 0 Å². The van der Waals surface area contributed by atoms with Gasteiger partial charge in [-0.2, -0.15) is 0 Å². The van der Waals surface area contributed by atoms with E-state index < -0.39 is 11.8 Å². The third-order valence-corrected chi connectivity index (χ3v) is 3.62. The van der Waals surface area contributed by atoms with Gasteiger partial charge in [0, 0.05) is 36.9 Å². The van der Waals surface area contributed by atoms with Crippen LogP contribution in [0.25, 0.3) is 0 Å². The molecule has 0 saturated heterocycles. The van der Waals surface area contributed by atoms with Crippen molar-refractivity contribution in [1.29, 1.82) is 0 Å². The molecular formula is C18H21FN2O3. The molecule has 0 aliphatic rings. The van der Waals surface area contributed by atoms with Gasteiger partial charge in [-0.25, -0.2) is 9.18 Å². The molecule has 0 heterocycles. The zero-order valence-corrected chi connectivity index (χ0v) is 13.5. The second kappa shape index (κ2) is 8.88. The number of benzene rings is 2. The van der Waals surface area contributed by atoms with Crippen molar-refractivity contribution < 1.29 is 19.0 Å². The number of hydrogen-bond acceptors (Lipinski definition) is 3. The normalized spacial score (nSPS) is 11.6. The van der Waals surface area contributed by atoms with Gasteiger partial charge in [0.2, 0.25) is 0 Å². The molecule has 2 aromatic carbocycles. The number of hydrogen-bond donors (Lipinski definition) is 3. The summed E-state index contributed by atoms with van der Waals surface area (Å²) in [4.78, 5) is 12.0. The van der Waals surface area contributed by atoms with Gasteiger partial charge in [-0.05, 0) is 18.1 Å². The average molecular weight is 332 g/mol. The number of nitrogens with one attached hydrogen (secondary N) is 2. The first-order valence-corrected chi connectivity index (χ1v) is 7.67. The molecule has 0 bridgehead atoms. The molecule has 0 fully saturated rings. The quantitative estimate of drug-likeness (QED) is 0.729. The number of aliphatic hydroxyl groups is 1. The Labute approximate surface area is 140 Å². The maximum Gasteiger partial charge on any atom is 0.319 e. The van der Waals surface area contributed by atoms with Crippen molar-refractivity contribution in [2.75, 3.05) is 25.6 Å². The van der Waals surface area contributed by atoms with Gasteiger partial charge in [-0.1, -0.05) is 30.3 Å². The summed E-state index contributed by atoms with van der Waals surface area (Å²) >= 11 is 0. The van der Waals surface area contributed by atoms with E-state index in [-0.39, 0.29) is 12.5 Å². The molecule has 0 aliphatic heterocycles. The number of urea groups is 1. The van der Waals surface area contributed by atoms with Crippen LogP contribution < -0.4 is 15.4 Å². The summed E-state index contributed by atoms with van der Waals surface area (Å²) in [5.74, 6) is -0.163. The number of amides is 2. The summed E-state index contributed by atoms with van der Waals surface area (Å²) in [7, 11) is 1.43. The monoisotopic (exact) mass is 332 g/mol. The number of aliphatic hydroxyl groups excluding tert-OH is 1. The smallest absolute Gasteiger partial charge is 0.319 e. The molecule has 1 atom stereocenters. The molecule has 3 N–H and O–H groups in total. The van der Waals surface area contributed by atoms with Crippen LogP contribution in [-0.4, -0.2) is 31.4 Å². The van der Waals surface area contributed by atoms with Crippen molar-refractivity contribution in [1.82, 2.24) is 5.32 Å². The summed E-state index contributed by atoms with van der Waals surface area (Å²) in [6.07, 6.45) is 0.540. The molecule has 0 radical (unpaired) electrons. The second-order valence-corrected chi connectivity index (χ2v) is 5.33. The Morgan fingerprint density at radius 3 is 2.67 bits per heavy atom. The lowest BCUT2D eigenvalue weighted by atomic mass is 9.96. The number of halogens is 1. The van der Waals surface area contributed by atoms with Crippen molar-refractivity contribution in [3.8, 4) is 5.75 Å². The molecule has 6 heteroatoms. The van der Waals surface area contributed by atoms with E-state index in [2.05, 4.69) is 10.6 Å². The molecule has 2 aromatic rings. The number of methoxy groups -OCH3 is 1. The van der Waals surface area contributed by atoms with Crippen LogP contribution in [0, 0.1) is 5.82 Å². The van der Waals surface area contributed by atoms with Crippen LogP contribution in [0.15, 0.2) is 48.5 Å². The largest absolute Gasteiger partial charge is 0.497 e. The van der Waals surface area contributed by atoms with E-state index in [0.29, 0.717) is 24.4 Å². The molecule has 5 nitrogen and oxygen atoms in total. The number of anilines is 1. The highest BCUT2D eigenvalue weighted by molar-refractivity contribution is 5.89. The van der Waals surface area contributed by atoms with Crippen molar-refractivity contribution in [3.63, 3.8) is 0 Å². The third kappa shape index (κ3) is 5.24. The van der Waals surface area contributed by atoms with Gasteiger partial charge in [0.25, 0.3) is 0 Å². The van der Waals surface area contributed by atoms with Gasteiger partial charge in [-0.3, -0.25) is 0 Å². The van der Waals surface area contributed by atoms with Crippen LogP contribution >= 0.6 is 0 Å². The fourth-order valence-corrected chi connectivity index (χ4v) is 2.41. The van der Waals surface area contributed by atoms with E-state index in [4.69, 9.17) is 4.74 Å². The predicted molar refractivity (Wildman–Crippen MR) is 90.9 cm³/mol. The summed E-state index contributed by atoms with van der Waals surface area (Å²) in [5, 5.41) is 14.5. The van der Waals surface area contributed by atoms with Crippen LogP contribution in [0.3, 0.4) is 0 Å². The van der Waals surface area contributed by atoms with Crippen molar-refractivity contribution >= 4 is 11.7 Å². The van der Waals surface area contributed by atoms with Gasteiger partial charge in [0.05, 0.1) is 7.11 Å². The molecule has 0 aliphatic carbocycles. The summed E-state index contributed by atoms with van der Waals surface area (Å²) in [5.41, 5.74) is 1.35. The minimum Gasteiger partial charge on any atom is -0.497 e. The zero-order valence-electron chi connectivity index (χ0n) is 13.5. The van der Waals surface area contributed by atoms with E-state index >= 15 is 0 Å². The molecule has 0 saturated carbocycles. The minimum absolute atomic E-state index is 0.00370. The summed E-state index contributed by atoms with van der Waals surface area (Å²) in [6.45, 7) is 0.396. The maximum atomic E-state index is 13.4. The van der Waals surface area contributed by atoms with Crippen LogP contribution in [-0.2, 0) is 0 Å². The van der Waals surface area contributed by atoms with Gasteiger partial charge in [-0.15, -0.1) is 0 Å². The van der Waals surface area contributed by atoms with Crippen molar-refractivity contribution in [2.45, 2.75) is 12.3 Å². The predicted octanol–water partition coefficient (Wildman–Crippen LogP) is 3.12. The van der Waals surface area contributed by atoms with E-state index in [9.17, 15) is 14.3 Å². The number of ether oxygens (including phenoxy) is 1. The number of carbonyl (C=O) groups excluding carboxylic acids is 1. The highest BCUT2D eigenvalue weighted by Gasteiger charge is 2.13. The number of rotatable bonds is 7. The molecule has 0 spiro atoms. The Kier molecular flexibility index (Phi) is 6.57. The highest BCUT2D eigenvalue weighted by Crippen LogP contribution is 2.20. The van der Waals surface area contributed by atoms with E-state index in [0.717, 1.165) is 5.56 Å². The van der Waals surface area contributed by atoms with E-state index in [1.54, 1.807) is 0 Å². The maximum absolute atomic E-state index is 13.4. The lowest BCUT2D eigenvalue weighted by Gasteiger charge is -2.17. The molecular weight excluding hydrogens is 311 g/mol. The molecule has 128 valence electrons. The standard InChI is InChI=1S/C18H21FN2O3/c1-24-17-10-15(19)9-16(11-17)21-18(23)20-12-14(7-8-22)13-5-3-2-4-6-13/h2-6,9-11,14,22H,7-8,12H2,1H3,(H2,20,21,23). The Hall–Kier alpha value is -2.60. The fraction of sp³-hybridized carbons (Fsp3) is 0.278. The van der Waals surface area contributed by atoms with Crippen LogP contribution in [0.1, 0.15) is 17.9 Å². The SMILES string of the molecule is COc1cc(F)cc(NC(=O)NCC(CCO)c2ccccc2)c1. The molecule has 24 heavy (non-hydrogen) atoms. The minimum atomic E-state index is -0.493. The van der Waals surface area contributed by atoms with E-state index in [1.807, 2.05) is 30.3 Å². The van der Waals surface area contributed by atoms with Gasteiger partial charge in [0.15, 0.2) is 0 Å². The Morgan fingerprint density at radius 1 is 1.25 bits per heavy atom. The lowest BCUT2D eigenvalue weighted by Crippen LogP contribution is -2.32. The first-order chi connectivity index (χ1) is 11.6. The fourth-order valence-electron chi connectivity index (χ4n) is 2.41. The van der Waals surface area contributed by atoms with Crippen molar-refractivity contribution in [2.24, 2.45) is 0 Å². The van der Waals surface area contributed by atoms with Gasteiger partial charge in [0.1, 0.15) is 11.6 Å². The topological polar surface area (TPSA) is 70.6 Å². The second-order valence-electron chi connectivity index (χ2n) is 5.33. The Morgan fingerprint density at radius 2 is 2.00 bits per heavy atom. The summed E-state index contributed by atoms with van der Waals surface area (Å²) < 4.78 is 18.4. The van der Waals surface area contributed by atoms with Crippen molar-refractivity contribution in [3.05, 3.63) is 59.9 Å². The number of carbonyl (C=O) groups is 1. The molecule has 1 unspecified atom stereocenters. The highest BCUT2D eigenvalue weighted by atomic mass is 19.1. The molecule has 0 aromatic heterocycles. The van der Waals surface area contributed by atoms with Crippen LogP contribution in [0.5, 0.6) is 5.75 Å². The Balaban J connectivity index is 1.95. The molecule has 2 rings (SSSR count). The molecule has 2 amide bonds. The summed E-state index contributed by atoms with van der Waals surface area (Å²) in [6, 6.07) is 13.2.